The Morgan fingerprint density at radius 3 is 2.70 bits per heavy atom. The van der Waals surface area contributed by atoms with E-state index in [1.54, 1.807) is 7.05 Å². The SMILES string of the molecule is CN[C@@H](C=O)CCC(N)=O. The van der Waals surface area contributed by atoms with E-state index in [9.17, 15) is 9.59 Å². The molecule has 4 nitrogen and oxygen atoms in total. The Morgan fingerprint density at radius 2 is 2.40 bits per heavy atom. The smallest absolute Gasteiger partial charge is 0.217 e. The Labute approximate surface area is 59.8 Å². The Hall–Kier alpha value is -0.900. The highest BCUT2D eigenvalue weighted by atomic mass is 16.1. The highest BCUT2D eigenvalue weighted by molar-refractivity contribution is 5.74. The molecule has 0 unspecified atom stereocenters. The third-order valence-corrected chi connectivity index (χ3v) is 1.24. The van der Waals surface area contributed by atoms with Gasteiger partial charge in [-0.25, -0.2) is 0 Å². The molecule has 0 aromatic rings. The van der Waals surface area contributed by atoms with Crippen molar-refractivity contribution in [2.45, 2.75) is 18.9 Å². The maximum atomic E-state index is 10.2. The summed E-state index contributed by atoms with van der Waals surface area (Å²) < 4.78 is 0. The summed E-state index contributed by atoms with van der Waals surface area (Å²) in [4.78, 5) is 20.3. The van der Waals surface area contributed by atoms with Gasteiger partial charge in [0.15, 0.2) is 0 Å². The molecular weight excluding hydrogens is 132 g/mol. The van der Waals surface area contributed by atoms with Crippen molar-refractivity contribution in [3.63, 3.8) is 0 Å². The average molecular weight is 144 g/mol. The van der Waals surface area contributed by atoms with Crippen LogP contribution in [0.15, 0.2) is 0 Å². The Bertz CT molecular complexity index is 125. The number of nitrogens with two attached hydrogens (primary N) is 1. The van der Waals surface area contributed by atoms with Gasteiger partial charge in [-0.05, 0) is 13.5 Å². The van der Waals surface area contributed by atoms with E-state index in [1.165, 1.54) is 0 Å². The molecule has 0 aliphatic carbocycles. The van der Waals surface area contributed by atoms with Crippen molar-refractivity contribution < 1.29 is 9.59 Å². The minimum Gasteiger partial charge on any atom is -0.370 e. The summed E-state index contributed by atoms with van der Waals surface area (Å²) in [7, 11) is 1.67. The zero-order valence-electron chi connectivity index (χ0n) is 5.96. The molecule has 58 valence electrons. The molecule has 3 N–H and O–H groups in total. The maximum absolute atomic E-state index is 10.2. The monoisotopic (exact) mass is 144 g/mol. The van der Waals surface area contributed by atoms with Crippen LogP contribution in [0.25, 0.3) is 0 Å². The minimum atomic E-state index is -0.373. The van der Waals surface area contributed by atoms with E-state index in [1.807, 2.05) is 0 Å². The van der Waals surface area contributed by atoms with E-state index in [2.05, 4.69) is 5.32 Å². The van der Waals surface area contributed by atoms with Crippen molar-refractivity contribution in [2.75, 3.05) is 7.05 Å². The molecule has 10 heavy (non-hydrogen) atoms. The molecule has 0 saturated carbocycles. The lowest BCUT2D eigenvalue weighted by molar-refractivity contribution is -0.118. The third kappa shape index (κ3) is 4.03. The van der Waals surface area contributed by atoms with Crippen LogP contribution >= 0.6 is 0 Å². The predicted octanol–water partition coefficient (Wildman–Crippen LogP) is -0.961. The summed E-state index contributed by atoms with van der Waals surface area (Å²) in [6.45, 7) is 0. The lowest BCUT2D eigenvalue weighted by Gasteiger charge is -2.05. The lowest BCUT2D eigenvalue weighted by Crippen LogP contribution is -2.28. The van der Waals surface area contributed by atoms with E-state index in [-0.39, 0.29) is 18.4 Å². The minimum absolute atomic E-state index is 0.243. The molecule has 0 fully saturated rings. The summed E-state index contributed by atoms with van der Waals surface area (Å²) in [5.41, 5.74) is 4.87. The first kappa shape index (κ1) is 9.10. The molecule has 1 atom stereocenters. The van der Waals surface area contributed by atoms with Crippen molar-refractivity contribution >= 4 is 12.2 Å². The quantitative estimate of drug-likeness (QED) is 0.488. The van der Waals surface area contributed by atoms with E-state index < -0.39 is 0 Å². The molecule has 0 aliphatic rings. The van der Waals surface area contributed by atoms with Crippen LogP contribution < -0.4 is 11.1 Å². The number of aldehydes is 1. The number of carbonyl (C=O) groups excluding carboxylic acids is 2. The number of amides is 1. The number of rotatable bonds is 5. The van der Waals surface area contributed by atoms with Crippen LogP contribution in [0.1, 0.15) is 12.8 Å². The van der Waals surface area contributed by atoms with Crippen LogP contribution in [-0.2, 0) is 9.59 Å². The van der Waals surface area contributed by atoms with Crippen molar-refractivity contribution in [3.8, 4) is 0 Å². The first-order chi connectivity index (χ1) is 4.70. The normalized spacial score (nSPS) is 12.5. The Morgan fingerprint density at radius 1 is 1.80 bits per heavy atom. The van der Waals surface area contributed by atoms with Crippen molar-refractivity contribution in [1.29, 1.82) is 0 Å². The summed E-state index contributed by atoms with van der Waals surface area (Å²) in [6.07, 6.45) is 1.50. The van der Waals surface area contributed by atoms with Crippen LogP contribution in [0.3, 0.4) is 0 Å². The van der Waals surface area contributed by atoms with Gasteiger partial charge in [0.1, 0.15) is 6.29 Å². The van der Waals surface area contributed by atoms with Gasteiger partial charge in [-0.2, -0.15) is 0 Å². The number of hydrogen-bond acceptors (Lipinski definition) is 3. The molecule has 0 rings (SSSR count). The zero-order chi connectivity index (χ0) is 7.98. The molecule has 0 bridgehead atoms. The standard InChI is InChI=1S/C6H12N2O2/c1-8-5(4-9)2-3-6(7)10/h4-5,8H,2-3H2,1H3,(H2,7,10)/t5-/m1/s1. The fourth-order valence-corrected chi connectivity index (χ4v) is 0.578. The molecule has 1 amide bonds. The number of nitrogens with one attached hydrogen (secondary N) is 1. The van der Waals surface area contributed by atoms with Crippen LogP contribution in [0.2, 0.25) is 0 Å². The number of carbonyl (C=O) groups is 2. The van der Waals surface area contributed by atoms with Gasteiger partial charge in [-0.3, -0.25) is 4.79 Å². The summed E-state index contributed by atoms with van der Waals surface area (Å²) in [5.74, 6) is -0.373. The second-order valence-electron chi connectivity index (χ2n) is 2.04. The van der Waals surface area contributed by atoms with E-state index in [4.69, 9.17) is 5.73 Å². The first-order valence-corrected chi connectivity index (χ1v) is 3.11. The van der Waals surface area contributed by atoms with Crippen molar-refractivity contribution in [2.24, 2.45) is 5.73 Å². The molecule has 0 aromatic heterocycles. The lowest BCUT2D eigenvalue weighted by atomic mass is 10.2. The molecule has 0 radical (unpaired) electrons. The van der Waals surface area contributed by atoms with Crippen LogP contribution in [0, 0.1) is 0 Å². The number of primary amides is 1. The van der Waals surface area contributed by atoms with E-state index in [0.717, 1.165) is 6.29 Å². The van der Waals surface area contributed by atoms with Crippen molar-refractivity contribution in [1.82, 2.24) is 5.32 Å². The highest BCUT2D eigenvalue weighted by Crippen LogP contribution is 1.91. The molecule has 0 heterocycles. The van der Waals surface area contributed by atoms with Crippen LogP contribution in [-0.4, -0.2) is 25.3 Å². The van der Waals surface area contributed by atoms with Gasteiger partial charge in [-0.15, -0.1) is 0 Å². The number of hydrogen-bond donors (Lipinski definition) is 2. The second-order valence-corrected chi connectivity index (χ2v) is 2.04. The van der Waals surface area contributed by atoms with Crippen molar-refractivity contribution in [3.05, 3.63) is 0 Å². The molecular formula is C6H12N2O2. The largest absolute Gasteiger partial charge is 0.370 e. The van der Waals surface area contributed by atoms with Gasteiger partial charge in [0.2, 0.25) is 5.91 Å². The van der Waals surface area contributed by atoms with Crippen LogP contribution in [0.4, 0.5) is 0 Å². The topological polar surface area (TPSA) is 72.2 Å². The fourth-order valence-electron chi connectivity index (χ4n) is 0.578. The van der Waals surface area contributed by atoms with Gasteiger partial charge < -0.3 is 15.8 Å². The number of likely N-dealkylation sites (N-methyl/N-ethyl adjacent to an activating group) is 1. The van der Waals surface area contributed by atoms with Gasteiger partial charge in [-0.1, -0.05) is 0 Å². The molecule has 0 saturated heterocycles. The second kappa shape index (κ2) is 4.93. The van der Waals surface area contributed by atoms with Gasteiger partial charge >= 0.3 is 0 Å². The predicted molar refractivity (Wildman–Crippen MR) is 37.3 cm³/mol. The van der Waals surface area contributed by atoms with Gasteiger partial charge in [0, 0.05) is 6.42 Å². The summed E-state index contributed by atoms with van der Waals surface area (Å²) in [5, 5.41) is 2.73. The Balaban J connectivity index is 3.44. The Kier molecular flexibility index (Phi) is 4.49. The summed E-state index contributed by atoms with van der Waals surface area (Å²) in [6, 6.07) is -0.243. The third-order valence-electron chi connectivity index (χ3n) is 1.24. The van der Waals surface area contributed by atoms with E-state index in [0.29, 0.717) is 6.42 Å². The van der Waals surface area contributed by atoms with Gasteiger partial charge in [0.05, 0.1) is 6.04 Å². The highest BCUT2D eigenvalue weighted by Gasteiger charge is 2.04. The van der Waals surface area contributed by atoms with Gasteiger partial charge in [0.25, 0.3) is 0 Å². The van der Waals surface area contributed by atoms with E-state index >= 15 is 0 Å². The zero-order valence-corrected chi connectivity index (χ0v) is 5.96. The molecule has 0 aromatic carbocycles. The molecule has 4 heteroatoms. The molecule has 0 aliphatic heterocycles. The van der Waals surface area contributed by atoms with Crippen LogP contribution in [0.5, 0.6) is 0 Å². The average Bonchev–Trinajstić information content (AvgIpc) is 1.90. The maximum Gasteiger partial charge on any atom is 0.217 e. The first-order valence-electron chi connectivity index (χ1n) is 3.11. The summed E-state index contributed by atoms with van der Waals surface area (Å²) >= 11 is 0. The fraction of sp³-hybridized carbons (Fsp3) is 0.667. The molecule has 0 spiro atoms.